The summed E-state index contributed by atoms with van der Waals surface area (Å²) in [7, 11) is 0. The van der Waals surface area contributed by atoms with Crippen LogP contribution >= 0.6 is 15.9 Å². The number of nitrogens with zero attached hydrogens (tertiary/aromatic N) is 1. The fourth-order valence-electron chi connectivity index (χ4n) is 1.63. The number of rotatable bonds is 3. The minimum absolute atomic E-state index is 0.210. The Morgan fingerprint density at radius 2 is 2.00 bits per heavy atom. The van der Waals surface area contributed by atoms with Gasteiger partial charge in [0.15, 0.2) is 0 Å². The molecule has 6 nitrogen and oxygen atoms in total. The Bertz CT molecular complexity index is 737. The fourth-order valence-corrected chi connectivity index (χ4v) is 2.01. The van der Waals surface area contributed by atoms with Crippen LogP contribution in [0.5, 0.6) is 0 Å². The molecule has 0 radical (unpaired) electrons. The number of anilines is 2. The van der Waals surface area contributed by atoms with Crippen molar-refractivity contribution in [2.24, 2.45) is 0 Å². The maximum absolute atomic E-state index is 13.2. The van der Waals surface area contributed by atoms with Gasteiger partial charge in [-0.15, -0.1) is 0 Å². The van der Waals surface area contributed by atoms with Gasteiger partial charge in [0.2, 0.25) is 0 Å². The van der Waals surface area contributed by atoms with E-state index in [2.05, 4.69) is 21.2 Å². The molecule has 0 saturated carbocycles. The molecule has 0 aliphatic carbocycles. The summed E-state index contributed by atoms with van der Waals surface area (Å²) in [6, 6.07) is 7.27. The number of benzene rings is 2. The van der Waals surface area contributed by atoms with Gasteiger partial charge in [0.1, 0.15) is 11.5 Å². The first-order valence-electron chi connectivity index (χ1n) is 5.69. The van der Waals surface area contributed by atoms with Crippen molar-refractivity contribution in [1.82, 2.24) is 0 Å². The average molecular weight is 354 g/mol. The fraction of sp³-hybridized carbons (Fsp3) is 0. The lowest BCUT2D eigenvalue weighted by Gasteiger charge is -2.07. The molecule has 8 heteroatoms. The lowest BCUT2D eigenvalue weighted by atomic mass is 10.2. The number of halogens is 2. The molecule has 2 rings (SSSR count). The molecule has 0 saturated heterocycles. The van der Waals surface area contributed by atoms with Gasteiger partial charge >= 0.3 is 0 Å². The molecule has 2 aromatic rings. The van der Waals surface area contributed by atoms with E-state index < -0.39 is 16.6 Å². The number of nitrogen functional groups attached to an aromatic ring is 1. The molecule has 0 aromatic heterocycles. The van der Waals surface area contributed by atoms with E-state index in [1.165, 1.54) is 18.2 Å². The maximum atomic E-state index is 13.2. The summed E-state index contributed by atoms with van der Waals surface area (Å²) < 4.78 is 13.7. The van der Waals surface area contributed by atoms with Crippen molar-refractivity contribution in [3.8, 4) is 0 Å². The number of nitrogens with two attached hydrogens (primary N) is 1. The maximum Gasteiger partial charge on any atom is 0.292 e. The van der Waals surface area contributed by atoms with Crippen molar-refractivity contribution in [2.75, 3.05) is 11.1 Å². The minimum atomic E-state index is -0.700. The van der Waals surface area contributed by atoms with Gasteiger partial charge in [-0.05, 0) is 40.2 Å². The normalized spacial score (nSPS) is 10.2. The highest BCUT2D eigenvalue weighted by atomic mass is 79.9. The van der Waals surface area contributed by atoms with E-state index in [0.717, 1.165) is 18.2 Å². The third-order valence-electron chi connectivity index (χ3n) is 2.67. The van der Waals surface area contributed by atoms with Gasteiger partial charge in [0.25, 0.3) is 11.6 Å². The van der Waals surface area contributed by atoms with Crippen LogP contribution in [0.4, 0.5) is 21.5 Å². The predicted molar refractivity (Wildman–Crippen MR) is 79.6 cm³/mol. The van der Waals surface area contributed by atoms with Crippen LogP contribution in [-0.2, 0) is 0 Å². The van der Waals surface area contributed by atoms with Crippen LogP contribution in [0.1, 0.15) is 10.4 Å². The highest BCUT2D eigenvalue weighted by molar-refractivity contribution is 9.10. The van der Waals surface area contributed by atoms with Crippen LogP contribution in [0, 0.1) is 15.9 Å². The summed E-state index contributed by atoms with van der Waals surface area (Å²) in [5, 5.41) is 13.2. The van der Waals surface area contributed by atoms with Crippen molar-refractivity contribution < 1.29 is 14.1 Å². The Morgan fingerprint density at radius 1 is 1.29 bits per heavy atom. The molecule has 0 heterocycles. The number of carbonyl (C=O) groups excluding carboxylic acids is 1. The molecule has 0 fully saturated rings. The molecular formula is C13H9BrFN3O3. The highest BCUT2D eigenvalue weighted by Gasteiger charge is 2.17. The van der Waals surface area contributed by atoms with E-state index in [1.807, 2.05) is 0 Å². The highest BCUT2D eigenvalue weighted by Crippen LogP contribution is 2.26. The molecule has 3 N–H and O–H groups in total. The molecule has 0 aliphatic rings. The second-order valence-corrected chi connectivity index (χ2v) is 4.96. The summed E-state index contributed by atoms with van der Waals surface area (Å²) in [6.07, 6.45) is 0. The second-order valence-electron chi connectivity index (χ2n) is 4.11. The average Bonchev–Trinajstić information content (AvgIpc) is 2.41. The van der Waals surface area contributed by atoms with E-state index in [9.17, 15) is 19.3 Å². The van der Waals surface area contributed by atoms with Gasteiger partial charge in [-0.3, -0.25) is 14.9 Å². The molecule has 2 aromatic carbocycles. The van der Waals surface area contributed by atoms with Crippen LogP contribution < -0.4 is 11.1 Å². The number of carbonyl (C=O) groups is 1. The van der Waals surface area contributed by atoms with Crippen LogP contribution in [0.15, 0.2) is 40.9 Å². The van der Waals surface area contributed by atoms with Crippen molar-refractivity contribution in [1.29, 1.82) is 0 Å². The minimum Gasteiger partial charge on any atom is -0.398 e. The summed E-state index contributed by atoms with van der Waals surface area (Å²) in [5.74, 6) is -1.29. The third kappa shape index (κ3) is 3.34. The summed E-state index contributed by atoms with van der Waals surface area (Å²) in [5.41, 5.74) is 5.69. The quantitative estimate of drug-likeness (QED) is 0.502. The molecule has 0 aliphatic heterocycles. The van der Waals surface area contributed by atoms with E-state index in [-0.39, 0.29) is 16.9 Å². The van der Waals surface area contributed by atoms with Gasteiger partial charge in [-0.2, -0.15) is 0 Å². The van der Waals surface area contributed by atoms with Crippen molar-refractivity contribution in [3.63, 3.8) is 0 Å². The van der Waals surface area contributed by atoms with Crippen molar-refractivity contribution >= 4 is 38.9 Å². The van der Waals surface area contributed by atoms with Gasteiger partial charge in [0, 0.05) is 27.9 Å². The van der Waals surface area contributed by atoms with Crippen LogP contribution in [0.25, 0.3) is 0 Å². The molecule has 0 spiro atoms. The van der Waals surface area contributed by atoms with Crippen LogP contribution in [0.3, 0.4) is 0 Å². The Labute approximate surface area is 127 Å². The summed E-state index contributed by atoms with van der Waals surface area (Å²) in [6.45, 7) is 0. The molecule has 21 heavy (non-hydrogen) atoms. The monoisotopic (exact) mass is 353 g/mol. The lowest BCUT2D eigenvalue weighted by Crippen LogP contribution is -2.13. The second kappa shape index (κ2) is 5.88. The first kappa shape index (κ1) is 14.9. The number of amides is 1. The Kier molecular flexibility index (Phi) is 4.18. The molecule has 0 atom stereocenters. The Hall–Kier alpha value is -2.48. The van der Waals surface area contributed by atoms with E-state index in [1.54, 1.807) is 0 Å². The van der Waals surface area contributed by atoms with Crippen molar-refractivity contribution in [3.05, 3.63) is 62.4 Å². The van der Waals surface area contributed by atoms with Crippen LogP contribution in [-0.4, -0.2) is 10.8 Å². The van der Waals surface area contributed by atoms with Gasteiger partial charge in [-0.25, -0.2) is 4.39 Å². The smallest absolute Gasteiger partial charge is 0.292 e. The predicted octanol–water partition coefficient (Wildman–Crippen LogP) is 3.33. The summed E-state index contributed by atoms with van der Waals surface area (Å²) >= 11 is 3.18. The SMILES string of the molecule is Nc1ccc(C(=O)Nc2cc(F)ccc2[N+](=O)[O-])cc1Br. The summed E-state index contributed by atoms with van der Waals surface area (Å²) in [4.78, 5) is 22.2. The largest absolute Gasteiger partial charge is 0.398 e. The lowest BCUT2D eigenvalue weighted by molar-refractivity contribution is -0.384. The molecule has 1 amide bonds. The number of nitrogens with one attached hydrogen (secondary N) is 1. The molecule has 0 unspecified atom stereocenters. The van der Waals surface area contributed by atoms with Gasteiger partial charge < -0.3 is 11.1 Å². The Balaban J connectivity index is 2.33. The first-order valence-corrected chi connectivity index (χ1v) is 6.48. The van der Waals surface area contributed by atoms with Gasteiger partial charge in [-0.1, -0.05) is 0 Å². The Morgan fingerprint density at radius 3 is 2.62 bits per heavy atom. The topological polar surface area (TPSA) is 98.3 Å². The zero-order chi connectivity index (χ0) is 15.6. The van der Waals surface area contributed by atoms with Crippen molar-refractivity contribution in [2.45, 2.75) is 0 Å². The van der Waals surface area contributed by atoms with Crippen LogP contribution in [0.2, 0.25) is 0 Å². The first-order chi connectivity index (χ1) is 9.88. The molecular weight excluding hydrogens is 345 g/mol. The van der Waals surface area contributed by atoms with E-state index >= 15 is 0 Å². The standard InChI is InChI=1S/C13H9BrFN3O3/c14-9-5-7(1-3-10(9)16)13(19)17-11-6-8(15)2-4-12(11)18(20)21/h1-6H,16H2,(H,17,19). The number of hydrogen-bond acceptors (Lipinski definition) is 4. The number of hydrogen-bond donors (Lipinski definition) is 2. The third-order valence-corrected chi connectivity index (χ3v) is 3.35. The molecule has 108 valence electrons. The van der Waals surface area contributed by atoms with E-state index in [4.69, 9.17) is 5.73 Å². The van der Waals surface area contributed by atoms with Gasteiger partial charge in [0.05, 0.1) is 4.92 Å². The molecule has 0 bridgehead atoms. The number of nitro groups is 1. The van der Waals surface area contributed by atoms with E-state index in [0.29, 0.717) is 10.2 Å². The zero-order valence-electron chi connectivity index (χ0n) is 10.5. The number of nitro benzene ring substituents is 1. The zero-order valence-corrected chi connectivity index (χ0v) is 12.1.